The molecule has 0 bridgehead atoms. The molecule has 2 aromatic rings. The lowest BCUT2D eigenvalue weighted by atomic mass is 10.1. The number of nitrogens with one attached hydrogen (secondary N) is 1. The lowest BCUT2D eigenvalue weighted by molar-refractivity contribution is -0.143. The van der Waals surface area contributed by atoms with Crippen LogP contribution >= 0.6 is 39.1 Å². The monoisotopic (exact) mass is 542 g/mol. The Labute approximate surface area is 208 Å². The van der Waals surface area contributed by atoms with Gasteiger partial charge >= 0.3 is 0 Å². The number of amides is 2. The third-order valence-corrected chi connectivity index (χ3v) is 6.78. The van der Waals surface area contributed by atoms with Crippen molar-refractivity contribution >= 4 is 50.9 Å². The highest BCUT2D eigenvalue weighted by atomic mass is 79.9. The zero-order valence-corrected chi connectivity index (χ0v) is 22.1. The molecule has 174 valence electrons. The van der Waals surface area contributed by atoms with Gasteiger partial charge < -0.3 is 15.0 Å². The molecule has 1 N–H and O–H groups in total. The fourth-order valence-corrected chi connectivity index (χ4v) is 4.05. The van der Waals surface area contributed by atoms with Crippen LogP contribution in [0.15, 0.2) is 34.8 Å². The predicted octanol–water partition coefficient (Wildman–Crippen LogP) is 6.08. The Bertz CT molecular complexity index is 959. The Morgan fingerprint density at radius 2 is 1.75 bits per heavy atom. The van der Waals surface area contributed by atoms with Gasteiger partial charge in [-0.2, -0.15) is 0 Å². The van der Waals surface area contributed by atoms with Crippen molar-refractivity contribution < 1.29 is 14.3 Å². The van der Waals surface area contributed by atoms with E-state index in [2.05, 4.69) is 21.2 Å². The predicted molar refractivity (Wildman–Crippen MR) is 133 cm³/mol. The summed E-state index contributed by atoms with van der Waals surface area (Å²) in [5.74, 6) is 0.0805. The highest BCUT2D eigenvalue weighted by molar-refractivity contribution is 9.10. The first-order valence-electron chi connectivity index (χ1n) is 10.5. The first-order chi connectivity index (χ1) is 15.0. The molecule has 1 unspecified atom stereocenters. The normalized spacial score (nSPS) is 11.9. The van der Waals surface area contributed by atoms with Crippen LogP contribution in [0.3, 0.4) is 0 Å². The van der Waals surface area contributed by atoms with Crippen LogP contribution in [0.2, 0.25) is 10.0 Å². The molecule has 0 saturated carbocycles. The van der Waals surface area contributed by atoms with Crippen LogP contribution < -0.4 is 10.1 Å². The van der Waals surface area contributed by atoms with E-state index < -0.39 is 6.04 Å². The minimum absolute atomic E-state index is 0.0439. The van der Waals surface area contributed by atoms with Crippen LogP contribution in [0.5, 0.6) is 5.75 Å². The van der Waals surface area contributed by atoms with Crippen LogP contribution in [0, 0.1) is 13.8 Å². The SMILES string of the molecule is CCC(C(=O)NC(C)C)N(Cc1ccc(Cl)cc1Cl)C(=O)COc1cc(C)c(Br)c(C)c1. The number of benzene rings is 2. The van der Waals surface area contributed by atoms with Crippen LogP contribution in [-0.4, -0.2) is 35.4 Å². The quantitative estimate of drug-likeness (QED) is 0.416. The standard InChI is InChI=1S/C24H29BrCl2N2O3/c1-6-21(24(31)28-14(2)3)29(12-17-7-8-18(26)11-20(17)27)22(30)13-32-19-9-15(4)23(25)16(5)10-19/h7-11,14,21H,6,12-13H2,1-5H3,(H,28,31). The summed E-state index contributed by atoms with van der Waals surface area (Å²) < 4.78 is 6.82. The zero-order chi connectivity index (χ0) is 24.0. The molecule has 5 nitrogen and oxygen atoms in total. The third kappa shape index (κ3) is 7.12. The second-order valence-corrected chi connectivity index (χ2v) is 9.64. The molecule has 0 radical (unpaired) electrons. The number of rotatable bonds is 9. The summed E-state index contributed by atoms with van der Waals surface area (Å²) in [6.07, 6.45) is 0.450. The third-order valence-electron chi connectivity index (χ3n) is 4.94. The highest BCUT2D eigenvalue weighted by Crippen LogP contribution is 2.27. The molecule has 0 aliphatic carbocycles. The molecule has 0 fully saturated rings. The molecule has 0 spiro atoms. The van der Waals surface area contributed by atoms with Crippen molar-refractivity contribution in [1.82, 2.24) is 10.2 Å². The van der Waals surface area contributed by atoms with Gasteiger partial charge in [-0.1, -0.05) is 52.1 Å². The van der Waals surface area contributed by atoms with Gasteiger partial charge in [-0.25, -0.2) is 0 Å². The van der Waals surface area contributed by atoms with Gasteiger partial charge in [0, 0.05) is 27.1 Å². The molecule has 0 aliphatic rings. The lowest BCUT2D eigenvalue weighted by Crippen LogP contribution is -2.51. The number of hydrogen-bond acceptors (Lipinski definition) is 3. The van der Waals surface area contributed by atoms with Crippen molar-refractivity contribution in [3.8, 4) is 5.75 Å². The molecule has 0 aromatic heterocycles. The van der Waals surface area contributed by atoms with Crippen LogP contribution in [-0.2, 0) is 16.1 Å². The Morgan fingerprint density at radius 3 is 2.28 bits per heavy atom. The van der Waals surface area contributed by atoms with Crippen molar-refractivity contribution in [2.75, 3.05) is 6.61 Å². The van der Waals surface area contributed by atoms with Crippen LogP contribution in [0.1, 0.15) is 43.9 Å². The fourth-order valence-electron chi connectivity index (χ4n) is 3.35. The number of hydrogen-bond donors (Lipinski definition) is 1. The molecule has 0 heterocycles. The van der Waals surface area contributed by atoms with Crippen LogP contribution in [0.25, 0.3) is 0 Å². The molecule has 2 rings (SSSR count). The van der Waals surface area contributed by atoms with Crippen molar-refractivity contribution in [3.63, 3.8) is 0 Å². The van der Waals surface area contributed by atoms with E-state index >= 15 is 0 Å². The second kappa shape index (κ2) is 11.9. The van der Waals surface area contributed by atoms with E-state index in [0.717, 1.165) is 15.6 Å². The van der Waals surface area contributed by atoms with E-state index in [1.807, 2.05) is 46.8 Å². The van der Waals surface area contributed by atoms with Gasteiger partial charge in [0.1, 0.15) is 11.8 Å². The molecule has 8 heteroatoms. The summed E-state index contributed by atoms with van der Waals surface area (Å²) in [4.78, 5) is 27.6. The molecule has 2 aromatic carbocycles. The maximum absolute atomic E-state index is 13.3. The molecule has 2 amide bonds. The van der Waals surface area contributed by atoms with E-state index in [4.69, 9.17) is 27.9 Å². The fraction of sp³-hybridized carbons (Fsp3) is 0.417. The first kappa shape index (κ1) is 26.5. The van der Waals surface area contributed by atoms with Gasteiger partial charge in [0.2, 0.25) is 5.91 Å². The van der Waals surface area contributed by atoms with E-state index in [1.165, 1.54) is 4.90 Å². The number of halogens is 3. The lowest BCUT2D eigenvalue weighted by Gasteiger charge is -2.31. The summed E-state index contributed by atoms with van der Waals surface area (Å²) in [5.41, 5.74) is 2.73. The molecular weight excluding hydrogens is 515 g/mol. The average molecular weight is 544 g/mol. The molecule has 1 atom stereocenters. The van der Waals surface area contributed by atoms with E-state index in [1.54, 1.807) is 18.2 Å². The number of nitrogens with zero attached hydrogens (tertiary/aromatic N) is 1. The largest absolute Gasteiger partial charge is 0.484 e. The maximum atomic E-state index is 13.3. The first-order valence-corrected chi connectivity index (χ1v) is 12.0. The average Bonchev–Trinajstić information content (AvgIpc) is 2.71. The summed E-state index contributed by atoms with van der Waals surface area (Å²) in [6.45, 7) is 9.53. The zero-order valence-electron chi connectivity index (χ0n) is 19.0. The Hall–Kier alpha value is -1.76. The van der Waals surface area contributed by atoms with Crippen molar-refractivity contribution in [3.05, 3.63) is 61.5 Å². The van der Waals surface area contributed by atoms with Crippen LogP contribution in [0.4, 0.5) is 0 Å². The van der Waals surface area contributed by atoms with Gasteiger partial charge in [-0.15, -0.1) is 0 Å². The Balaban J connectivity index is 2.29. The minimum atomic E-state index is -0.659. The Morgan fingerprint density at radius 1 is 1.12 bits per heavy atom. The van der Waals surface area contributed by atoms with Gasteiger partial charge in [-0.05, 0) is 75.1 Å². The Kier molecular flexibility index (Phi) is 9.86. The highest BCUT2D eigenvalue weighted by Gasteiger charge is 2.29. The maximum Gasteiger partial charge on any atom is 0.261 e. The molecule has 32 heavy (non-hydrogen) atoms. The van der Waals surface area contributed by atoms with Crippen molar-refractivity contribution in [2.45, 2.75) is 59.7 Å². The van der Waals surface area contributed by atoms with E-state index in [0.29, 0.717) is 27.8 Å². The van der Waals surface area contributed by atoms with Crippen molar-refractivity contribution in [2.24, 2.45) is 0 Å². The van der Waals surface area contributed by atoms with E-state index in [9.17, 15) is 9.59 Å². The number of carbonyl (C=O) groups is 2. The van der Waals surface area contributed by atoms with Gasteiger partial charge in [0.15, 0.2) is 6.61 Å². The van der Waals surface area contributed by atoms with Gasteiger partial charge in [0.05, 0.1) is 0 Å². The van der Waals surface area contributed by atoms with Gasteiger partial charge in [0.25, 0.3) is 5.91 Å². The molecule has 0 aliphatic heterocycles. The summed E-state index contributed by atoms with van der Waals surface area (Å²) in [5, 5.41) is 3.85. The van der Waals surface area contributed by atoms with Crippen molar-refractivity contribution in [1.29, 1.82) is 0 Å². The van der Waals surface area contributed by atoms with Gasteiger partial charge in [-0.3, -0.25) is 9.59 Å². The smallest absolute Gasteiger partial charge is 0.261 e. The number of ether oxygens (including phenoxy) is 1. The number of aryl methyl sites for hydroxylation is 2. The topological polar surface area (TPSA) is 58.6 Å². The summed E-state index contributed by atoms with van der Waals surface area (Å²) >= 11 is 15.9. The number of carbonyl (C=O) groups excluding carboxylic acids is 2. The van der Waals surface area contributed by atoms with E-state index in [-0.39, 0.29) is 31.0 Å². The summed E-state index contributed by atoms with van der Waals surface area (Å²) in [7, 11) is 0. The minimum Gasteiger partial charge on any atom is -0.484 e. The second-order valence-electron chi connectivity index (χ2n) is 8.00. The molecular formula is C24H29BrCl2N2O3. The molecule has 0 saturated heterocycles. The summed E-state index contributed by atoms with van der Waals surface area (Å²) in [6, 6.07) is 8.14.